The van der Waals surface area contributed by atoms with Crippen molar-refractivity contribution in [3.63, 3.8) is 0 Å². The number of nitrogens with one attached hydrogen (secondary N) is 1. The monoisotopic (exact) mass is 597 g/mol. The van der Waals surface area contributed by atoms with Crippen LogP contribution >= 0.6 is 0 Å². The van der Waals surface area contributed by atoms with Crippen molar-refractivity contribution in [3.05, 3.63) is 83.7 Å². The third-order valence-corrected chi connectivity index (χ3v) is 8.70. The van der Waals surface area contributed by atoms with Crippen molar-refractivity contribution < 1.29 is 31.9 Å². The molecule has 1 aliphatic rings. The molecule has 0 saturated carbocycles. The molecule has 0 aliphatic carbocycles. The average Bonchev–Trinajstić information content (AvgIpc) is 2.98. The van der Waals surface area contributed by atoms with Gasteiger partial charge in [0.1, 0.15) is 31.6 Å². The van der Waals surface area contributed by atoms with Gasteiger partial charge in [0.05, 0.1) is 10.6 Å². The molecule has 0 bridgehead atoms. The number of sulfonamides is 1. The molecule has 0 aromatic heterocycles. The lowest BCUT2D eigenvalue weighted by atomic mass is 10.1. The molecule has 0 unspecified atom stereocenters. The van der Waals surface area contributed by atoms with Gasteiger partial charge in [-0.1, -0.05) is 43.2 Å². The van der Waals surface area contributed by atoms with Crippen molar-refractivity contribution in [3.8, 4) is 11.5 Å². The lowest BCUT2D eigenvalue weighted by Crippen LogP contribution is -2.51. The van der Waals surface area contributed by atoms with Gasteiger partial charge in [-0.05, 0) is 62.2 Å². The van der Waals surface area contributed by atoms with Crippen LogP contribution in [0.25, 0.3) is 0 Å². The summed E-state index contributed by atoms with van der Waals surface area (Å²) >= 11 is 0. The summed E-state index contributed by atoms with van der Waals surface area (Å²) in [6, 6.07) is 15.7. The van der Waals surface area contributed by atoms with E-state index in [1.807, 2.05) is 38.1 Å². The van der Waals surface area contributed by atoms with Gasteiger partial charge in [0.15, 0.2) is 11.5 Å². The first kappa shape index (κ1) is 30.8. The molecule has 0 radical (unpaired) electrons. The van der Waals surface area contributed by atoms with Crippen molar-refractivity contribution in [1.29, 1.82) is 0 Å². The van der Waals surface area contributed by atoms with Crippen LogP contribution in [0.4, 0.5) is 10.1 Å². The fraction of sp³-hybridized carbons (Fsp3) is 0.355. The van der Waals surface area contributed by atoms with Crippen LogP contribution in [0.1, 0.15) is 37.8 Å². The Labute approximate surface area is 246 Å². The quantitative estimate of drug-likeness (QED) is 0.310. The Morgan fingerprint density at radius 3 is 2.40 bits per heavy atom. The molecule has 3 aromatic carbocycles. The van der Waals surface area contributed by atoms with Gasteiger partial charge in [0.2, 0.25) is 11.8 Å². The number of aryl methyl sites for hydroxylation is 1. The van der Waals surface area contributed by atoms with Gasteiger partial charge in [-0.15, -0.1) is 0 Å². The molecule has 42 heavy (non-hydrogen) atoms. The number of amides is 2. The minimum absolute atomic E-state index is 0.0875. The van der Waals surface area contributed by atoms with Gasteiger partial charge in [-0.2, -0.15) is 0 Å². The van der Waals surface area contributed by atoms with Gasteiger partial charge in [-0.3, -0.25) is 13.9 Å². The Balaban J connectivity index is 1.70. The van der Waals surface area contributed by atoms with Crippen LogP contribution in [0, 0.1) is 12.7 Å². The highest BCUT2D eigenvalue weighted by Gasteiger charge is 2.33. The van der Waals surface area contributed by atoms with E-state index >= 15 is 0 Å². The summed E-state index contributed by atoms with van der Waals surface area (Å²) in [6.07, 6.45) is 1.68. The van der Waals surface area contributed by atoms with Crippen LogP contribution in [0.5, 0.6) is 11.5 Å². The summed E-state index contributed by atoms with van der Waals surface area (Å²) in [4.78, 5) is 28.3. The minimum atomic E-state index is -4.34. The zero-order chi connectivity index (χ0) is 30.3. The number of carbonyl (C=O) groups excluding carboxylic acids is 2. The van der Waals surface area contributed by atoms with E-state index in [4.69, 9.17) is 9.47 Å². The normalized spacial score (nSPS) is 13.2. The highest BCUT2D eigenvalue weighted by molar-refractivity contribution is 7.92. The molecule has 1 heterocycles. The first-order valence-corrected chi connectivity index (χ1v) is 15.3. The second-order valence-corrected chi connectivity index (χ2v) is 12.0. The summed E-state index contributed by atoms with van der Waals surface area (Å²) in [5, 5.41) is 2.86. The average molecular weight is 598 g/mol. The number of rotatable bonds is 12. The maximum atomic E-state index is 14.0. The number of carbonyl (C=O) groups is 2. The first-order valence-electron chi connectivity index (χ1n) is 13.9. The van der Waals surface area contributed by atoms with E-state index in [9.17, 15) is 22.4 Å². The minimum Gasteiger partial charge on any atom is -0.486 e. The SMILES string of the molecule is CCCCNC(=O)[C@@H](C)N(Cc1cccc(C)c1)C(=O)CN(c1ccc(F)cc1)S(=O)(=O)c1ccc2c(c1)OCCO2. The van der Waals surface area contributed by atoms with E-state index in [1.54, 1.807) is 6.92 Å². The van der Waals surface area contributed by atoms with Gasteiger partial charge in [0.25, 0.3) is 10.0 Å². The molecular weight excluding hydrogens is 561 g/mol. The summed E-state index contributed by atoms with van der Waals surface area (Å²) in [7, 11) is -4.34. The predicted molar refractivity (Wildman–Crippen MR) is 157 cm³/mol. The number of fused-ring (bicyclic) bond motifs is 1. The van der Waals surface area contributed by atoms with Crippen LogP contribution < -0.4 is 19.1 Å². The van der Waals surface area contributed by atoms with Crippen LogP contribution in [0.3, 0.4) is 0 Å². The largest absolute Gasteiger partial charge is 0.486 e. The first-order chi connectivity index (χ1) is 20.1. The molecule has 11 heteroatoms. The van der Waals surface area contributed by atoms with Crippen molar-refractivity contribution in [2.75, 3.05) is 30.6 Å². The number of unbranched alkanes of at least 4 members (excludes halogenated alkanes) is 1. The Kier molecular flexibility index (Phi) is 10.1. The van der Waals surface area contributed by atoms with Crippen LogP contribution in [0.15, 0.2) is 71.6 Å². The maximum absolute atomic E-state index is 14.0. The number of nitrogens with zero attached hydrogens (tertiary/aromatic N) is 2. The molecule has 9 nitrogen and oxygen atoms in total. The van der Waals surface area contributed by atoms with Gasteiger partial charge in [0, 0.05) is 19.2 Å². The fourth-order valence-corrected chi connectivity index (χ4v) is 6.00. The van der Waals surface area contributed by atoms with Crippen LogP contribution in [0.2, 0.25) is 0 Å². The molecule has 224 valence electrons. The Morgan fingerprint density at radius 1 is 1.00 bits per heavy atom. The zero-order valence-electron chi connectivity index (χ0n) is 24.0. The van der Waals surface area contributed by atoms with E-state index in [2.05, 4.69) is 5.32 Å². The second-order valence-electron chi connectivity index (χ2n) is 10.1. The topological polar surface area (TPSA) is 105 Å². The van der Waals surface area contributed by atoms with Gasteiger partial charge in [-0.25, -0.2) is 12.8 Å². The Hall–Kier alpha value is -4.12. The molecular formula is C31H36FN3O6S. The molecule has 0 spiro atoms. The fourth-order valence-electron chi connectivity index (χ4n) is 4.57. The molecule has 1 atom stereocenters. The number of ether oxygens (including phenoxy) is 2. The van der Waals surface area contributed by atoms with Gasteiger partial charge < -0.3 is 19.7 Å². The van der Waals surface area contributed by atoms with E-state index in [1.165, 1.54) is 35.2 Å². The zero-order valence-corrected chi connectivity index (χ0v) is 24.8. The van der Waals surface area contributed by atoms with Crippen molar-refractivity contribution in [2.24, 2.45) is 0 Å². The van der Waals surface area contributed by atoms with Crippen molar-refractivity contribution >= 4 is 27.5 Å². The maximum Gasteiger partial charge on any atom is 0.264 e. The van der Waals surface area contributed by atoms with E-state index in [0.717, 1.165) is 40.4 Å². The van der Waals surface area contributed by atoms with Crippen molar-refractivity contribution in [2.45, 2.75) is 51.1 Å². The molecule has 0 fully saturated rings. The predicted octanol–water partition coefficient (Wildman–Crippen LogP) is 4.43. The number of anilines is 1. The van der Waals surface area contributed by atoms with Gasteiger partial charge >= 0.3 is 0 Å². The van der Waals surface area contributed by atoms with E-state index < -0.39 is 34.3 Å². The third kappa shape index (κ3) is 7.39. The van der Waals surface area contributed by atoms with Crippen LogP contribution in [-0.2, 0) is 26.2 Å². The molecule has 2 amide bonds. The summed E-state index contributed by atoms with van der Waals surface area (Å²) < 4.78 is 53.9. The number of halogens is 1. The summed E-state index contributed by atoms with van der Waals surface area (Å²) in [6.45, 7) is 6.09. The van der Waals surface area contributed by atoms with Crippen molar-refractivity contribution in [1.82, 2.24) is 10.2 Å². The molecule has 0 saturated heterocycles. The van der Waals surface area contributed by atoms with E-state index in [-0.39, 0.29) is 35.4 Å². The highest BCUT2D eigenvalue weighted by Crippen LogP contribution is 2.34. The number of benzene rings is 3. The number of hydrogen-bond acceptors (Lipinski definition) is 6. The molecule has 4 rings (SSSR count). The molecule has 1 N–H and O–H groups in total. The summed E-state index contributed by atoms with van der Waals surface area (Å²) in [5.74, 6) is -0.809. The summed E-state index contributed by atoms with van der Waals surface area (Å²) in [5.41, 5.74) is 1.86. The lowest BCUT2D eigenvalue weighted by molar-refractivity contribution is -0.139. The molecule has 3 aromatic rings. The Morgan fingerprint density at radius 2 is 1.71 bits per heavy atom. The third-order valence-electron chi connectivity index (χ3n) is 6.93. The Bertz CT molecular complexity index is 1510. The number of hydrogen-bond donors (Lipinski definition) is 1. The molecule has 1 aliphatic heterocycles. The lowest BCUT2D eigenvalue weighted by Gasteiger charge is -2.32. The smallest absolute Gasteiger partial charge is 0.264 e. The highest BCUT2D eigenvalue weighted by atomic mass is 32.2. The van der Waals surface area contributed by atoms with Crippen LogP contribution in [-0.4, -0.2) is 57.5 Å². The second kappa shape index (κ2) is 13.7. The standard InChI is InChI=1S/C31H36FN3O6S/c1-4-5-15-33-31(37)23(3)34(20-24-8-6-7-22(2)18-24)30(36)21-35(26-11-9-25(32)10-12-26)42(38,39)27-13-14-28-29(19-27)41-17-16-40-28/h6-14,18-19,23H,4-5,15-17,20-21H2,1-3H3,(H,33,37)/t23-/m1/s1. The van der Waals surface area contributed by atoms with E-state index in [0.29, 0.717) is 18.9 Å².